The summed E-state index contributed by atoms with van der Waals surface area (Å²) < 4.78 is 5.52. The minimum absolute atomic E-state index is 0.105. The van der Waals surface area contributed by atoms with E-state index in [1.54, 1.807) is 12.4 Å². The highest BCUT2D eigenvalue weighted by Gasteiger charge is 2.11. The Balaban J connectivity index is 1.91. The molecule has 0 aliphatic heterocycles. The van der Waals surface area contributed by atoms with Gasteiger partial charge in [0.05, 0.1) is 11.8 Å². The summed E-state index contributed by atoms with van der Waals surface area (Å²) in [7, 11) is 0. The highest BCUT2D eigenvalue weighted by molar-refractivity contribution is 5.48. The lowest BCUT2D eigenvalue weighted by molar-refractivity contribution is 0.412. The van der Waals surface area contributed by atoms with Crippen LogP contribution in [0.2, 0.25) is 0 Å². The number of aromatic nitrogens is 4. The van der Waals surface area contributed by atoms with E-state index in [4.69, 9.17) is 4.42 Å². The smallest absolute Gasteiger partial charge is 0.250 e. The number of hydrogen-bond donors (Lipinski definition) is 2. The molecule has 17 heavy (non-hydrogen) atoms. The molecule has 2 aromatic rings. The number of nitrogens with zero attached hydrogens (tertiary/aromatic N) is 3. The maximum Gasteiger partial charge on any atom is 0.250 e. The van der Waals surface area contributed by atoms with Crippen molar-refractivity contribution in [2.24, 2.45) is 0 Å². The van der Waals surface area contributed by atoms with Gasteiger partial charge >= 0.3 is 0 Å². The Bertz CT molecular complexity index is 454. The zero-order chi connectivity index (χ0) is 12.3. The number of aromatic amines is 1. The molecule has 0 aliphatic rings. The van der Waals surface area contributed by atoms with Gasteiger partial charge in [-0.3, -0.25) is 5.10 Å². The molecule has 6 heteroatoms. The van der Waals surface area contributed by atoms with Crippen molar-refractivity contribution in [1.82, 2.24) is 25.7 Å². The zero-order valence-electron chi connectivity index (χ0n) is 10.3. The van der Waals surface area contributed by atoms with Gasteiger partial charge in [-0.15, -0.1) is 10.2 Å². The van der Waals surface area contributed by atoms with Crippen molar-refractivity contribution < 1.29 is 4.42 Å². The second-order valence-corrected chi connectivity index (χ2v) is 4.91. The first kappa shape index (κ1) is 11.8. The minimum Gasteiger partial charge on any atom is -0.421 e. The van der Waals surface area contributed by atoms with E-state index in [0.29, 0.717) is 11.8 Å². The lowest BCUT2D eigenvalue weighted by Gasteiger charge is -2.19. The first-order chi connectivity index (χ1) is 8.04. The molecule has 0 aliphatic carbocycles. The van der Waals surface area contributed by atoms with Gasteiger partial charge in [0.25, 0.3) is 5.89 Å². The van der Waals surface area contributed by atoms with Crippen molar-refractivity contribution in [2.75, 3.05) is 6.54 Å². The summed E-state index contributed by atoms with van der Waals surface area (Å²) in [6.45, 7) is 7.18. The van der Waals surface area contributed by atoms with Crippen LogP contribution >= 0.6 is 0 Å². The zero-order valence-corrected chi connectivity index (χ0v) is 10.3. The Kier molecular flexibility index (Phi) is 3.23. The first-order valence-corrected chi connectivity index (χ1v) is 5.61. The molecule has 0 saturated carbocycles. The molecule has 0 unspecified atom stereocenters. The van der Waals surface area contributed by atoms with Gasteiger partial charge in [0.15, 0.2) is 0 Å². The van der Waals surface area contributed by atoms with Crippen molar-refractivity contribution >= 4 is 0 Å². The van der Waals surface area contributed by atoms with Gasteiger partial charge in [-0.05, 0) is 20.8 Å². The quantitative estimate of drug-likeness (QED) is 0.837. The fourth-order valence-corrected chi connectivity index (χ4v) is 1.38. The molecular weight excluding hydrogens is 218 g/mol. The molecule has 0 atom stereocenters. The summed E-state index contributed by atoms with van der Waals surface area (Å²) in [4.78, 5) is 0. The summed E-state index contributed by atoms with van der Waals surface area (Å²) in [5.74, 6) is 1.14. The predicted molar refractivity (Wildman–Crippen MR) is 63.3 cm³/mol. The predicted octanol–water partition coefficient (Wildman–Crippen LogP) is 1.39. The first-order valence-electron chi connectivity index (χ1n) is 5.61. The summed E-state index contributed by atoms with van der Waals surface area (Å²) in [6, 6.07) is 0. The van der Waals surface area contributed by atoms with E-state index in [2.05, 4.69) is 46.5 Å². The lowest BCUT2D eigenvalue weighted by atomic mass is 10.1. The van der Waals surface area contributed by atoms with E-state index < -0.39 is 0 Å². The molecule has 0 fully saturated rings. The van der Waals surface area contributed by atoms with Crippen LogP contribution in [0.3, 0.4) is 0 Å². The van der Waals surface area contributed by atoms with Gasteiger partial charge < -0.3 is 9.73 Å². The third kappa shape index (κ3) is 3.39. The molecule has 0 radical (unpaired) electrons. The van der Waals surface area contributed by atoms with Crippen LogP contribution in [0.25, 0.3) is 11.5 Å². The summed E-state index contributed by atoms with van der Waals surface area (Å²) in [5.41, 5.74) is 0.917. The number of nitrogens with one attached hydrogen (secondary N) is 2. The molecule has 2 N–H and O–H groups in total. The average molecular weight is 235 g/mol. The van der Waals surface area contributed by atoms with Crippen LogP contribution in [0.15, 0.2) is 16.8 Å². The summed E-state index contributed by atoms with van der Waals surface area (Å²) in [6.07, 6.45) is 4.11. The fourth-order valence-electron chi connectivity index (χ4n) is 1.38. The molecule has 0 bridgehead atoms. The van der Waals surface area contributed by atoms with Gasteiger partial charge in [0.1, 0.15) is 0 Å². The van der Waals surface area contributed by atoms with Gasteiger partial charge in [-0.2, -0.15) is 5.10 Å². The highest BCUT2D eigenvalue weighted by Crippen LogP contribution is 2.15. The van der Waals surface area contributed by atoms with E-state index in [9.17, 15) is 0 Å². The molecule has 0 spiro atoms. The largest absolute Gasteiger partial charge is 0.421 e. The summed E-state index contributed by atoms with van der Waals surface area (Å²) in [5, 5.41) is 17.9. The molecule has 6 nitrogen and oxygen atoms in total. The Morgan fingerprint density at radius 2 is 2.18 bits per heavy atom. The van der Waals surface area contributed by atoms with E-state index in [1.165, 1.54) is 0 Å². The molecule has 0 amide bonds. The monoisotopic (exact) mass is 235 g/mol. The molecular formula is C11H17N5O. The average Bonchev–Trinajstić information content (AvgIpc) is 2.83. The van der Waals surface area contributed by atoms with Crippen LogP contribution in [-0.2, 0) is 6.42 Å². The Labute approximate surface area is 99.8 Å². The van der Waals surface area contributed by atoms with Crippen molar-refractivity contribution in [1.29, 1.82) is 0 Å². The fraction of sp³-hybridized carbons (Fsp3) is 0.545. The van der Waals surface area contributed by atoms with Crippen LogP contribution < -0.4 is 5.32 Å². The third-order valence-electron chi connectivity index (χ3n) is 2.21. The van der Waals surface area contributed by atoms with Crippen molar-refractivity contribution in [3.05, 3.63) is 18.3 Å². The highest BCUT2D eigenvalue weighted by atomic mass is 16.4. The Morgan fingerprint density at radius 1 is 1.35 bits per heavy atom. The number of hydrogen-bond acceptors (Lipinski definition) is 5. The van der Waals surface area contributed by atoms with Gasteiger partial charge in [0, 0.05) is 24.7 Å². The van der Waals surface area contributed by atoms with Crippen LogP contribution in [0, 0.1) is 0 Å². The van der Waals surface area contributed by atoms with Crippen LogP contribution in [0.4, 0.5) is 0 Å². The summed E-state index contributed by atoms with van der Waals surface area (Å²) >= 11 is 0. The maximum atomic E-state index is 5.52. The number of rotatable bonds is 4. The van der Waals surface area contributed by atoms with Crippen molar-refractivity contribution in [3.8, 4) is 11.5 Å². The van der Waals surface area contributed by atoms with Crippen molar-refractivity contribution in [2.45, 2.75) is 32.7 Å². The normalized spacial score (nSPS) is 11.9. The number of H-pyrrole nitrogens is 1. The van der Waals surface area contributed by atoms with E-state index in [0.717, 1.165) is 18.5 Å². The van der Waals surface area contributed by atoms with Crippen LogP contribution in [-0.4, -0.2) is 32.5 Å². The molecule has 2 aromatic heterocycles. The second-order valence-electron chi connectivity index (χ2n) is 4.91. The standard InChI is InChI=1S/C11H17N5O/c1-11(2,3)12-5-4-9-15-16-10(17-9)8-6-13-14-7-8/h6-7,12H,4-5H2,1-3H3,(H,13,14). The lowest BCUT2D eigenvalue weighted by Crippen LogP contribution is -2.37. The Hall–Kier alpha value is -1.69. The van der Waals surface area contributed by atoms with Gasteiger partial charge in [-0.1, -0.05) is 0 Å². The van der Waals surface area contributed by atoms with Gasteiger partial charge in [-0.25, -0.2) is 0 Å². The molecule has 92 valence electrons. The molecule has 0 aromatic carbocycles. The molecule has 2 rings (SSSR count). The minimum atomic E-state index is 0.105. The molecule has 2 heterocycles. The van der Waals surface area contributed by atoms with Crippen molar-refractivity contribution in [3.63, 3.8) is 0 Å². The topological polar surface area (TPSA) is 79.6 Å². The van der Waals surface area contributed by atoms with Crippen LogP contribution in [0.5, 0.6) is 0 Å². The van der Waals surface area contributed by atoms with Crippen LogP contribution in [0.1, 0.15) is 26.7 Å². The second kappa shape index (κ2) is 4.67. The van der Waals surface area contributed by atoms with Gasteiger partial charge in [0.2, 0.25) is 5.89 Å². The molecule has 0 saturated heterocycles. The maximum absolute atomic E-state index is 5.52. The van der Waals surface area contributed by atoms with E-state index in [1.807, 2.05) is 0 Å². The Morgan fingerprint density at radius 3 is 2.82 bits per heavy atom. The van der Waals surface area contributed by atoms with E-state index >= 15 is 0 Å². The van der Waals surface area contributed by atoms with E-state index in [-0.39, 0.29) is 5.54 Å². The third-order valence-corrected chi connectivity index (χ3v) is 2.21. The SMILES string of the molecule is CC(C)(C)NCCc1nnc(-c2cn[nH]c2)o1.